The summed E-state index contributed by atoms with van der Waals surface area (Å²) in [4.78, 5) is 26.8. The first-order chi connectivity index (χ1) is 7.18. The molecule has 0 spiro atoms. The van der Waals surface area contributed by atoms with Gasteiger partial charge in [-0.1, -0.05) is 0 Å². The third-order valence-electron chi connectivity index (χ3n) is 3.19. The van der Waals surface area contributed by atoms with Gasteiger partial charge in [0.05, 0.1) is 6.04 Å². The normalized spacial score (nSPS) is 29.1. The summed E-state index contributed by atoms with van der Waals surface area (Å²) in [5, 5.41) is 2.82. The van der Waals surface area contributed by atoms with Gasteiger partial charge in [-0.3, -0.25) is 14.5 Å². The molecule has 0 aromatic rings. The van der Waals surface area contributed by atoms with Crippen molar-refractivity contribution in [1.29, 1.82) is 0 Å². The molecule has 1 atom stereocenters. The van der Waals surface area contributed by atoms with Crippen molar-refractivity contribution in [1.82, 2.24) is 15.1 Å². The van der Waals surface area contributed by atoms with Crippen molar-refractivity contribution in [3.63, 3.8) is 0 Å². The molecule has 0 bridgehead atoms. The van der Waals surface area contributed by atoms with Crippen LogP contribution in [0, 0.1) is 0 Å². The number of hydrogen-bond acceptors (Lipinski definition) is 3. The van der Waals surface area contributed by atoms with E-state index in [2.05, 4.69) is 10.2 Å². The van der Waals surface area contributed by atoms with E-state index in [0.29, 0.717) is 19.5 Å². The first kappa shape index (κ1) is 10.4. The zero-order valence-corrected chi connectivity index (χ0v) is 9.03. The highest BCUT2D eigenvalue weighted by Crippen LogP contribution is 2.16. The molecule has 2 rings (SSSR count). The van der Waals surface area contributed by atoms with Crippen LogP contribution < -0.4 is 5.32 Å². The second-order valence-corrected chi connectivity index (χ2v) is 4.20. The Balaban J connectivity index is 1.98. The Hall–Kier alpha value is -1.10. The first-order valence-corrected chi connectivity index (χ1v) is 5.44. The molecule has 2 saturated heterocycles. The lowest BCUT2D eigenvalue weighted by Gasteiger charge is -2.24. The number of hydrogen-bond donors (Lipinski definition) is 1. The lowest BCUT2D eigenvalue weighted by atomic mass is 10.2. The first-order valence-electron chi connectivity index (χ1n) is 5.44. The Morgan fingerprint density at radius 2 is 2.07 bits per heavy atom. The van der Waals surface area contributed by atoms with Crippen LogP contribution in [0.5, 0.6) is 0 Å². The Kier molecular flexibility index (Phi) is 2.90. The summed E-state index contributed by atoms with van der Waals surface area (Å²) < 4.78 is 0. The number of amides is 2. The van der Waals surface area contributed by atoms with E-state index in [1.165, 1.54) is 0 Å². The van der Waals surface area contributed by atoms with Gasteiger partial charge in [0.1, 0.15) is 0 Å². The van der Waals surface area contributed by atoms with E-state index in [9.17, 15) is 9.59 Å². The van der Waals surface area contributed by atoms with Gasteiger partial charge < -0.3 is 10.2 Å². The van der Waals surface area contributed by atoms with Crippen LogP contribution in [0.15, 0.2) is 0 Å². The van der Waals surface area contributed by atoms with Crippen molar-refractivity contribution in [3.8, 4) is 0 Å². The third kappa shape index (κ3) is 2.12. The summed E-state index contributed by atoms with van der Waals surface area (Å²) in [5.41, 5.74) is 0. The smallest absolute Gasteiger partial charge is 0.239 e. The molecule has 1 N–H and O–H groups in total. The number of nitrogens with one attached hydrogen (secondary N) is 1. The molecule has 2 fully saturated rings. The predicted octanol–water partition coefficient (Wildman–Crippen LogP) is -0.961. The fraction of sp³-hybridized carbons (Fsp3) is 0.800. The Bertz CT molecular complexity index is 280. The van der Waals surface area contributed by atoms with Gasteiger partial charge in [0.15, 0.2) is 0 Å². The minimum atomic E-state index is 0.00250. The largest absolute Gasteiger partial charge is 0.355 e. The van der Waals surface area contributed by atoms with E-state index >= 15 is 0 Å². The number of likely N-dealkylation sites (N-methyl/N-ethyl adjacent to an activating group) is 1. The minimum Gasteiger partial charge on any atom is -0.355 e. The fourth-order valence-electron chi connectivity index (χ4n) is 2.24. The quantitative estimate of drug-likeness (QED) is 0.608. The van der Waals surface area contributed by atoms with Crippen LogP contribution in [-0.2, 0) is 9.59 Å². The molecule has 2 aliphatic rings. The summed E-state index contributed by atoms with van der Waals surface area (Å²) in [5.74, 6) is 0.292. The third-order valence-corrected chi connectivity index (χ3v) is 3.19. The maximum atomic E-state index is 11.8. The molecule has 15 heavy (non-hydrogen) atoms. The van der Waals surface area contributed by atoms with Gasteiger partial charge in [0.2, 0.25) is 11.8 Å². The Morgan fingerprint density at radius 3 is 2.73 bits per heavy atom. The Morgan fingerprint density at radius 1 is 1.27 bits per heavy atom. The second-order valence-electron chi connectivity index (χ2n) is 4.20. The minimum absolute atomic E-state index is 0.00250. The van der Waals surface area contributed by atoms with Crippen molar-refractivity contribution in [2.24, 2.45) is 0 Å². The highest BCUT2D eigenvalue weighted by atomic mass is 16.2. The number of nitrogens with zero attached hydrogens (tertiary/aromatic N) is 2. The van der Waals surface area contributed by atoms with Crippen LogP contribution in [0.25, 0.3) is 0 Å². The molecule has 0 aromatic carbocycles. The monoisotopic (exact) mass is 211 g/mol. The van der Waals surface area contributed by atoms with Crippen molar-refractivity contribution in [2.75, 3.05) is 33.2 Å². The van der Waals surface area contributed by atoms with Crippen molar-refractivity contribution < 1.29 is 9.59 Å². The molecule has 2 amide bonds. The maximum absolute atomic E-state index is 11.8. The van der Waals surface area contributed by atoms with E-state index in [0.717, 1.165) is 19.5 Å². The summed E-state index contributed by atoms with van der Waals surface area (Å²) >= 11 is 0. The molecule has 0 saturated carbocycles. The molecule has 5 nitrogen and oxygen atoms in total. The van der Waals surface area contributed by atoms with Gasteiger partial charge in [-0.05, 0) is 6.42 Å². The van der Waals surface area contributed by atoms with Crippen LogP contribution in [0.3, 0.4) is 0 Å². The van der Waals surface area contributed by atoms with Gasteiger partial charge in [-0.15, -0.1) is 0 Å². The average Bonchev–Trinajstić information content (AvgIpc) is 2.43. The standard InChI is InChI=1S/C10H17N3O2/c1-12-5-2-8(10(12)15)13-6-3-9(14)11-4-7-13/h8H,2-7H2,1H3,(H,11,14)/t8-/m0/s1. The van der Waals surface area contributed by atoms with Crippen molar-refractivity contribution in [3.05, 3.63) is 0 Å². The lowest BCUT2D eigenvalue weighted by Crippen LogP contribution is -2.42. The van der Waals surface area contributed by atoms with E-state index in [1.54, 1.807) is 4.90 Å². The van der Waals surface area contributed by atoms with E-state index in [-0.39, 0.29) is 17.9 Å². The number of carbonyl (C=O) groups is 2. The average molecular weight is 211 g/mol. The SMILES string of the molecule is CN1CC[C@H](N2CCNC(=O)CC2)C1=O. The zero-order valence-electron chi connectivity index (χ0n) is 9.03. The van der Waals surface area contributed by atoms with E-state index in [1.807, 2.05) is 7.05 Å². The molecule has 0 aromatic heterocycles. The summed E-state index contributed by atoms with van der Waals surface area (Å²) in [7, 11) is 1.84. The predicted molar refractivity (Wildman–Crippen MR) is 55.2 cm³/mol. The van der Waals surface area contributed by atoms with Crippen LogP contribution >= 0.6 is 0 Å². The van der Waals surface area contributed by atoms with Crippen LogP contribution in [0.4, 0.5) is 0 Å². The van der Waals surface area contributed by atoms with Crippen LogP contribution in [-0.4, -0.2) is 60.9 Å². The summed E-state index contributed by atoms with van der Waals surface area (Å²) in [6.07, 6.45) is 1.40. The maximum Gasteiger partial charge on any atom is 0.239 e. The highest BCUT2D eigenvalue weighted by molar-refractivity contribution is 5.84. The second kappa shape index (κ2) is 4.18. The molecule has 0 aliphatic carbocycles. The molecule has 5 heteroatoms. The molecular weight excluding hydrogens is 194 g/mol. The zero-order chi connectivity index (χ0) is 10.8. The van der Waals surface area contributed by atoms with Gasteiger partial charge in [0.25, 0.3) is 0 Å². The molecule has 0 unspecified atom stereocenters. The highest BCUT2D eigenvalue weighted by Gasteiger charge is 2.34. The van der Waals surface area contributed by atoms with E-state index < -0.39 is 0 Å². The van der Waals surface area contributed by atoms with Gasteiger partial charge in [0, 0.05) is 39.6 Å². The van der Waals surface area contributed by atoms with Crippen LogP contribution in [0.1, 0.15) is 12.8 Å². The summed E-state index contributed by atoms with van der Waals surface area (Å²) in [6.45, 7) is 2.99. The van der Waals surface area contributed by atoms with Crippen LogP contribution in [0.2, 0.25) is 0 Å². The Labute approximate surface area is 89.4 Å². The molecular formula is C10H17N3O2. The topological polar surface area (TPSA) is 52.6 Å². The number of likely N-dealkylation sites (tertiary alicyclic amines) is 1. The molecule has 2 aliphatic heterocycles. The van der Waals surface area contributed by atoms with Crippen molar-refractivity contribution in [2.45, 2.75) is 18.9 Å². The van der Waals surface area contributed by atoms with Gasteiger partial charge in [-0.2, -0.15) is 0 Å². The lowest BCUT2D eigenvalue weighted by molar-refractivity contribution is -0.131. The van der Waals surface area contributed by atoms with Gasteiger partial charge in [-0.25, -0.2) is 0 Å². The van der Waals surface area contributed by atoms with E-state index in [4.69, 9.17) is 0 Å². The van der Waals surface area contributed by atoms with Crippen molar-refractivity contribution >= 4 is 11.8 Å². The van der Waals surface area contributed by atoms with Gasteiger partial charge >= 0.3 is 0 Å². The number of carbonyl (C=O) groups excluding carboxylic acids is 2. The molecule has 2 heterocycles. The fourth-order valence-corrected chi connectivity index (χ4v) is 2.24. The number of rotatable bonds is 1. The molecule has 0 radical (unpaired) electrons. The molecule has 84 valence electrons. The summed E-state index contributed by atoms with van der Waals surface area (Å²) in [6, 6.07) is 0.00250.